The van der Waals surface area contributed by atoms with Crippen LogP contribution in [0.25, 0.3) is 0 Å². The Labute approximate surface area is 89.7 Å². The number of anilines is 2. The SMILES string of the molecule is CCC1(Nc2cccc(F)c2N)CCC1. The van der Waals surface area contributed by atoms with Gasteiger partial charge in [-0.3, -0.25) is 0 Å². The third-order valence-corrected chi connectivity index (χ3v) is 3.44. The van der Waals surface area contributed by atoms with Gasteiger partial charge in [0.1, 0.15) is 5.82 Å². The van der Waals surface area contributed by atoms with Gasteiger partial charge in [0.15, 0.2) is 0 Å². The van der Waals surface area contributed by atoms with Gasteiger partial charge in [-0.15, -0.1) is 0 Å². The maximum Gasteiger partial charge on any atom is 0.148 e. The number of nitrogens with one attached hydrogen (secondary N) is 1. The number of hydrogen-bond acceptors (Lipinski definition) is 2. The van der Waals surface area contributed by atoms with Crippen LogP contribution in [0.5, 0.6) is 0 Å². The number of rotatable bonds is 3. The average Bonchev–Trinajstić information content (AvgIpc) is 2.18. The molecule has 0 spiro atoms. The fraction of sp³-hybridized carbons (Fsp3) is 0.500. The monoisotopic (exact) mass is 208 g/mol. The summed E-state index contributed by atoms with van der Waals surface area (Å²) < 4.78 is 13.2. The lowest BCUT2D eigenvalue weighted by Crippen LogP contribution is -2.44. The third-order valence-electron chi connectivity index (χ3n) is 3.44. The van der Waals surface area contributed by atoms with Gasteiger partial charge in [-0.2, -0.15) is 0 Å². The maximum absolute atomic E-state index is 13.2. The highest BCUT2D eigenvalue weighted by molar-refractivity contribution is 5.67. The van der Waals surface area contributed by atoms with E-state index in [0.29, 0.717) is 0 Å². The maximum atomic E-state index is 13.2. The normalized spacial score (nSPS) is 18.3. The summed E-state index contributed by atoms with van der Waals surface area (Å²) in [5, 5.41) is 3.39. The van der Waals surface area contributed by atoms with E-state index in [2.05, 4.69) is 12.2 Å². The van der Waals surface area contributed by atoms with Crippen molar-refractivity contribution in [3.8, 4) is 0 Å². The first-order chi connectivity index (χ1) is 7.17. The molecule has 0 unspecified atom stereocenters. The fourth-order valence-corrected chi connectivity index (χ4v) is 2.10. The minimum Gasteiger partial charge on any atom is -0.395 e. The second kappa shape index (κ2) is 3.72. The Kier molecular flexibility index (Phi) is 2.55. The Morgan fingerprint density at radius 3 is 2.73 bits per heavy atom. The molecule has 3 N–H and O–H groups in total. The first-order valence-electron chi connectivity index (χ1n) is 5.49. The Morgan fingerprint density at radius 1 is 1.47 bits per heavy atom. The molecule has 1 fully saturated rings. The molecular weight excluding hydrogens is 191 g/mol. The molecule has 0 radical (unpaired) electrons. The van der Waals surface area contributed by atoms with E-state index in [1.165, 1.54) is 12.5 Å². The van der Waals surface area contributed by atoms with Gasteiger partial charge in [-0.05, 0) is 37.8 Å². The lowest BCUT2D eigenvalue weighted by Gasteiger charge is -2.43. The predicted octanol–water partition coefficient (Wildman–Crippen LogP) is 3.15. The Hall–Kier alpha value is -1.25. The van der Waals surface area contributed by atoms with Gasteiger partial charge in [0, 0.05) is 5.54 Å². The molecule has 1 aliphatic carbocycles. The first kappa shape index (κ1) is 10.3. The molecule has 0 amide bonds. The van der Waals surface area contributed by atoms with E-state index in [4.69, 9.17) is 5.73 Å². The van der Waals surface area contributed by atoms with Crippen LogP contribution >= 0.6 is 0 Å². The van der Waals surface area contributed by atoms with Gasteiger partial charge in [-0.25, -0.2) is 4.39 Å². The highest BCUT2D eigenvalue weighted by Crippen LogP contribution is 2.39. The van der Waals surface area contributed by atoms with E-state index in [0.717, 1.165) is 24.9 Å². The molecule has 1 aromatic rings. The van der Waals surface area contributed by atoms with Crippen LogP contribution < -0.4 is 11.1 Å². The molecular formula is C12H17FN2. The quantitative estimate of drug-likeness (QED) is 0.749. The minimum absolute atomic E-state index is 0.155. The van der Waals surface area contributed by atoms with Crippen molar-refractivity contribution >= 4 is 11.4 Å². The Balaban J connectivity index is 2.20. The number of hydrogen-bond donors (Lipinski definition) is 2. The third kappa shape index (κ3) is 1.78. The highest BCUT2D eigenvalue weighted by atomic mass is 19.1. The van der Waals surface area contributed by atoms with E-state index in [-0.39, 0.29) is 17.0 Å². The van der Waals surface area contributed by atoms with Crippen molar-refractivity contribution in [1.82, 2.24) is 0 Å². The van der Waals surface area contributed by atoms with Crippen molar-refractivity contribution in [2.24, 2.45) is 0 Å². The van der Waals surface area contributed by atoms with Crippen molar-refractivity contribution in [3.05, 3.63) is 24.0 Å². The zero-order chi connectivity index (χ0) is 10.9. The molecule has 1 saturated carbocycles. The van der Waals surface area contributed by atoms with Gasteiger partial charge in [0.2, 0.25) is 0 Å². The van der Waals surface area contributed by atoms with Crippen LogP contribution in [0.2, 0.25) is 0 Å². The topological polar surface area (TPSA) is 38.0 Å². The summed E-state index contributed by atoms with van der Waals surface area (Å²) in [6.45, 7) is 2.15. The van der Waals surface area contributed by atoms with E-state index in [9.17, 15) is 4.39 Å². The van der Waals surface area contributed by atoms with Crippen LogP contribution in [-0.4, -0.2) is 5.54 Å². The molecule has 2 nitrogen and oxygen atoms in total. The molecule has 0 bridgehead atoms. The summed E-state index contributed by atoms with van der Waals surface area (Å²) in [7, 11) is 0. The summed E-state index contributed by atoms with van der Waals surface area (Å²) >= 11 is 0. The second-order valence-electron chi connectivity index (χ2n) is 4.31. The fourth-order valence-electron chi connectivity index (χ4n) is 2.10. The summed E-state index contributed by atoms with van der Waals surface area (Å²) in [5.74, 6) is -0.342. The highest BCUT2D eigenvalue weighted by Gasteiger charge is 2.35. The summed E-state index contributed by atoms with van der Waals surface area (Å²) in [4.78, 5) is 0. The second-order valence-corrected chi connectivity index (χ2v) is 4.31. The molecule has 15 heavy (non-hydrogen) atoms. The molecule has 0 atom stereocenters. The smallest absolute Gasteiger partial charge is 0.148 e. The Morgan fingerprint density at radius 2 is 2.20 bits per heavy atom. The van der Waals surface area contributed by atoms with E-state index in [1.807, 2.05) is 6.07 Å². The molecule has 82 valence electrons. The van der Waals surface area contributed by atoms with Gasteiger partial charge in [0.25, 0.3) is 0 Å². The minimum atomic E-state index is -0.342. The van der Waals surface area contributed by atoms with Crippen LogP contribution in [0.3, 0.4) is 0 Å². The summed E-state index contributed by atoms with van der Waals surface area (Å²) in [5.41, 5.74) is 6.81. The van der Waals surface area contributed by atoms with E-state index < -0.39 is 0 Å². The van der Waals surface area contributed by atoms with Crippen molar-refractivity contribution in [2.45, 2.75) is 38.1 Å². The molecule has 1 aromatic carbocycles. The summed E-state index contributed by atoms with van der Waals surface area (Å²) in [6.07, 6.45) is 4.61. The van der Waals surface area contributed by atoms with Gasteiger partial charge >= 0.3 is 0 Å². The Bertz CT molecular complexity index is 353. The zero-order valence-electron chi connectivity index (χ0n) is 9.02. The molecule has 0 heterocycles. The molecule has 0 saturated heterocycles. The lowest BCUT2D eigenvalue weighted by molar-refractivity contribution is 0.269. The zero-order valence-corrected chi connectivity index (χ0v) is 9.02. The number of halogens is 1. The van der Waals surface area contributed by atoms with Crippen molar-refractivity contribution in [3.63, 3.8) is 0 Å². The standard InChI is InChI=1S/C12H17FN2/c1-2-12(7-4-8-12)15-10-6-3-5-9(13)11(10)14/h3,5-6,15H,2,4,7-8,14H2,1H3. The van der Waals surface area contributed by atoms with Crippen molar-refractivity contribution in [1.29, 1.82) is 0 Å². The van der Waals surface area contributed by atoms with Gasteiger partial charge < -0.3 is 11.1 Å². The van der Waals surface area contributed by atoms with E-state index in [1.54, 1.807) is 6.07 Å². The van der Waals surface area contributed by atoms with Crippen molar-refractivity contribution < 1.29 is 4.39 Å². The molecule has 3 heteroatoms. The van der Waals surface area contributed by atoms with Gasteiger partial charge in [-0.1, -0.05) is 13.0 Å². The van der Waals surface area contributed by atoms with Crippen LogP contribution in [0.15, 0.2) is 18.2 Å². The molecule has 0 aromatic heterocycles. The summed E-state index contributed by atoms with van der Waals surface area (Å²) in [6, 6.07) is 4.92. The first-order valence-corrected chi connectivity index (χ1v) is 5.49. The molecule has 0 aliphatic heterocycles. The lowest BCUT2D eigenvalue weighted by atomic mass is 9.74. The molecule has 1 aliphatic rings. The number of para-hydroxylation sites is 1. The van der Waals surface area contributed by atoms with Crippen molar-refractivity contribution in [2.75, 3.05) is 11.1 Å². The van der Waals surface area contributed by atoms with Crippen LogP contribution in [0, 0.1) is 5.82 Å². The van der Waals surface area contributed by atoms with E-state index >= 15 is 0 Å². The number of benzene rings is 1. The average molecular weight is 208 g/mol. The number of nitrogen functional groups attached to an aromatic ring is 1. The van der Waals surface area contributed by atoms with Gasteiger partial charge in [0.05, 0.1) is 11.4 Å². The molecule has 2 rings (SSSR count). The van der Waals surface area contributed by atoms with Crippen LogP contribution in [0.1, 0.15) is 32.6 Å². The van der Waals surface area contributed by atoms with Crippen LogP contribution in [0.4, 0.5) is 15.8 Å². The number of nitrogens with two attached hydrogens (primary N) is 1. The van der Waals surface area contributed by atoms with Crippen LogP contribution in [-0.2, 0) is 0 Å². The largest absolute Gasteiger partial charge is 0.395 e. The predicted molar refractivity (Wildman–Crippen MR) is 61.3 cm³/mol.